The Morgan fingerprint density at radius 2 is 1.60 bits per heavy atom. The summed E-state index contributed by atoms with van der Waals surface area (Å²) >= 11 is 0.865. The van der Waals surface area contributed by atoms with E-state index in [0.717, 1.165) is 11.8 Å². The number of carbonyl (C=O) groups is 2. The number of aliphatic hydroxyl groups excluding tert-OH is 1. The van der Waals surface area contributed by atoms with Crippen molar-refractivity contribution in [2.45, 2.75) is 23.9 Å². The zero-order chi connectivity index (χ0) is 12.0. The van der Waals surface area contributed by atoms with Gasteiger partial charge in [0, 0.05) is 12.2 Å². The van der Waals surface area contributed by atoms with Gasteiger partial charge >= 0.3 is 11.9 Å². The number of hydrogen-bond acceptors (Lipinski definition) is 6. The topological polar surface area (TPSA) is 147 Å². The molecule has 0 bridgehead atoms. The van der Waals surface area contributed by atoms with Gasteiger partial charge in [-0.1, -0.05) is 0 Å². The molecule has 15 heavy (non-hydrogen) atoms. The van der Waals surface area contributed by atoms with Gasteiger partial charge in [0.2, 0.25) is 0 Å². The fourth-order valence-electron chi connectivity index (χ4n) is 0.672. The SMILES string of the molecule is NC(CSC(O)CC(N)C(=O)O)C(=O)O. The molecule has 0 rings (SSSR count). The lowest BCUT2D eigenvalue weighted by Crippen LogP contribution is -2.35. The lowest BCUT2D eigenvalue weighted by molar-refractivity contribution is -0.139. The van der Waals surface area contributed by atoms with Crippen molar-refractivity contribution in [1.29, 1.82) is 0 Å². The van der Waals surface area contributed by atoms with Crippen molar-refractivity contribution >= 4 is 23.7 Å². The molecule has 0 fully saturated rings. The van der Waals surface area contributed by atoms with Crippen LogP contribution in [0.5, 0.6) is 0 Å². The highest BCUT2D eigenvalue weighted by atomic mass is 32.2. The molecule has 0 aromatic carbocycles. The Bertz CT molecular complexity index is 237. The molecule has 0 saturated carbocycles. The van der Waals surface area contributed by atoms with E-state index in [4.69, 9.17) is 21.7 Å². The molecule has 0 spiro atoms. The minimum Gasteiger partial charge on any atom is -0.480 e. The first-order valence-corrected chi connectivity index (χ1v) is 5.16. The summed E-state index contributed by atoms with van der Waals surface area (Å²) in [5.41, 5.74) is 9.31. The summed E-state index contributed by atoms with van der Waals surface area (Å²) in [5.74, 6) is -2.38. The summed E-state index contributed by atoms with van der Waals surface area (Å²) in [6, 6.07) is -2.24. The van der Waals surface area contributed by atoms with Crippen LogP contribution in [0, 0.1) is 0 Å². The lowest BCUT2D eigenvalue weighted by atomic mass is 10.2. The molecule has 0 saturated heterocycles. The number of aliphatic carboxylic acids is 2. The van der Waals surface area contributed by atoms with E-state index in [2.05, 4.69) is 0 Å². The summed E-state index contributed by atoms with van der Waals surface area (Å²) in [5, 5.41) is 26.1. The van der Waals surface area contributed by atoms with Crippen molar-refractivity contribution in [3.8, 4) is 0 Å². The first-order chi connectivity index (χ1) is 6.84. The normalized spacial score (nSPS) is 16.7. The number of thioether (sulfide) groups is 1. The monoisotopic (exact) mass is 238 g/mol. The maximum Gasteiger partial charge on any atom is 0.321 e. The third-order valence-corrected chi connectivity index (χ3v) is 2.69. The number of hydrogen-bond donors (Lipinski definition) is 5. The van der Waals surface area contributed by atoms with Crippen molar-refractivity contribution in [3.63, 3.8) is 0 Å². The number of carboxylic acids is 2. The molecule has 7 N–H and O–H groups in total. The fourth-order valence-corrected chi connectivity index (χ4v) is 1.59. The van der Waals surface area contributed by atoms with Crippen LogP contribution in [-0.4, -0.2) is 50.5 Å². The average molecular weight is 238 g/mol. The molecule has 0 heterocycles. The Kier molecular flexibility index (Phi) is 6.25. The van der Waals surface area contributed by atoms with E-state index < -0.39 is 29.5 Å². The third-order valence-electron chi connectivity index (χ3n) is 1.56. The van der Waals surface area contributed by atoms with Crippen molar-refractivity contribution in [1.82, 2.24) is 0 Å². The highest BCUT2D eigenvalue weighted by Crippen LogP contribution is 2.13. The summed E-state index contributed by atoms with van der Waals surface area (Å²) < 4.78 is 0. The standard InChI is InChI=1S/C7H14N2O5S/c8-3(6(11)12)1-5(10)15-2-4(9)7(13)14/h3-5,10H,1-2,8-9H2,(H,11,12)(H,13,14). The Labute approximate surface area is 90.4 Å². The molecule has 0 radical (unpaired) electrons. The Morgan fingerprint density at radius 3 is 2.00 bits per heavy atom. The van der Waals surface area contributed by atoms with E-state index in [0.29, 0.717) is 0 Å². The lowest BCUT2D eigenvalue weighted by Gasteiger charge is -2.14. The van der Waals surface area contributed by atoms with E-state index in [1.54, 1.807) is 0 Å². The molecule has 3 atom stereocenters. The smallest absolute Gasteiger partial charge is 0.321 e. The zero-order valence-electron chi connectivity index (χ0n) is 7.87. The first kappa shape index (κ1) is 14.2. The fraction of sp³-hybridized carbons (Fsp3) is 0.714. The van der Waals surface area contributed by atoms with Crippen LogP contribution in [0.1, 0.15) is 6.42 Å². The van der Waals surface area contributed by atoms with Gasteiger partial charge in [-0.3, -0.25) is 9.59 Å². The van der Waals surface area contributed by atoms with Crippen LogP contribution in [0.4, 0.5) is 0 Å². The second-order valence-electron chi connectivity index (χ2n) is 2.91. The average Bonchev–Trinajstić information content (AvgIpc) is 2.13. The molecule has 3 unspecified atom stereocenters. The van der Waals surface area contributed by atoms with Gasteiger partial charge < -0.3 is 26.8 Å². The van der Waals surface area contributed by atoms with Crippen LogP contribution in [-0.2, 0) is 9.59 Å². The maximum absolute atomic E-state index is 10.3. The van der Waals surface area contributed by atoms with Gasteiger partial charge in [-0.05, 0) is 0 Å². The highest BCUT2D eigenvalue weighted by molar-refractivity contribution is 7.99. The van der Waals surface area contributed by atoms with Gasteiger partial charge in [0.25, 0.3) is 0 Å². The van der Waals surface area contributed by atoms with Gasteiger partial charge in [0.05, 0.1) is 0 Å². The van der Waals surface area contributed by atoms with Crippen LogP contribution in [0.2, 0.25) is 0 Å². The molecule has 0 aliphatic heterocycles. The van der Waals surface area contributed by atoms with Crippen molar-refractivity contribution in [2.75, 3.05) is 5.75 Å². The van der Waals surface area contributed by atoms with E-state index in [1.807, 2.05) is 0 Å². The molecule has 0 aromatic rings. The quantitative estimate of drug-likeness (QED) is 0.328. The van der Waals surface area contributed by atoms with Crippen molar-refractivity contribution < 1.29 is 24.9 Å². The second-order valence-corrected chi connectivity index (χ2v) is 4.12. The van der Waals surface area contributed by atoms with E-state index in [1.165, 1.54) is 0 Å². The molecule has 0 aliphatic carbocycles. The van der Waals surface area contributed by atoms with E-state index >= 15 is 0 Å². The summed E-state index contributed by atoms with van der Waals surface area (Å²) in [4.78, 5) is 20.6. The minimum atomic E-state index is -1.21. The van der Waals surface area contributed by atoms with Crippen LogP contribution < -0.4 is 11.5 Å². The molecular weight excluding hydrogens is 224 g/mol. The molecule has 0 amide bonds. The Hall–Kier alpha value is -0.830. The van der Waals surface area contributed by atoms with Crippen LogP contribution in [0.3, 0.4) is 0 Å². The van der Waals surface area contributed by atoms with Gasteiger partial charge in [-0.2, -0.15) is 0 Å². The molecule has 0 aromatic heterocycles. The first-order valence-electron chi connectivity index (χ1n) is 4.11. The summed E-state index contributed by atoms with van der Waals surface area (Å²) in [7, 11) is 0. The zero-order valence-corrected chi connectivity index (χ0v) is 8.68. The number of carboxylic acid groups (broad SMARTS) is 2. The molecule has 7 nitrogen and oxygen atoms in total. The number of rotatable bonds is 7. The summed E-state index contributed by atoms with van der Waals surface area (Å²) in [6.07, 6.45) is -0.146. The Morgan fingerprint density at radius 1 is 1.13 bits per heavy atom. The third kappa shape index (κ3) is 6.28. The molecular formula is C7H14N2O5S. The van der Waals surface area contributed by atoms with Gasteiger partial charge in [-0.25, -0.2) is 0 Å². The van der Waals surface area contributed by atoms with Gasteiger partial charge in [0.1, 0.15) is 17.5 Å². The molecule has 88 valence electrons. The van der Waals surface area contributed by atoms with Gasteiger partial charge in [0.15, 0.2) is 0 Å². The highest BCUT2D eigenvalue weighted by Gasteiger charge is 2.19. The predicted octanol–water partition coefficient (Wildman–Crippen LogP) is -1.75. The predicted molar refractivity (Wildman–Crippen MR) is 54.3 cm³/mol. The van der Waals surface area contributed by atoms with Crippen LogP contribution in [0.25, 0.3) is 0 Å². The second kappa shape index (κ2) is 6.62. The molecule has 8 heteroatoms. The van der Waals surface area contributed by atoms with Gasteiger partial charge in [-0.15, -0.1) is 11.8 Å². The van der Waals surface area contributed by atoms with E-state index in [-0.39, 0.29) is 12.2 Å². The number of aliphatic hydroxyl groups is 1. The van der Waals surface area contributed by atoms with E-state index in [9.17, 15) is 14.7 Å². The van der Waals surface area contributed by atoms with Crippen LogP contribution in [0.15, 0.2) is 0 Å². The maximum atomic E-state index is 10.3. The number of nitrogens with two attached hydrogens (primary N) is 2. The molecule has 0 aliphatic rings. The van der Waals surface area contributed by atoms with Crippen LogP contribution >= 0.6 is 11.8 Å². The Balaban J connectivity index is 3.79. The van der Waals surface area contributed by atoms with Crippen molar-refractivity contribution in [3.05, 3.63) is 0 Å². The summed E-state index contributed by atoms with van der Waals surface area (Å²) in [6.45, 7) is 0. The van der Waals surface area contributed by atoms with Crippen molar-refractivity contribution in [2.24, 2.45) is 11.5 Å². The minimum absolute atomic E-state index is 0.00282. The largest absolute Gasteiger partial charge is 0.480 e.